The average molecular weight is 264 g/mol. The fraction of sp³-hybridized carbons (Fsp3) is 0.615. The van der Waals surface area contributed by atoms with E-state index in [0.29, 0.717) is 12.0 Å². The summed E-state index contributed by atoms with van der Waals surface area (Å²) in [5.74, 6) is 1.59. The number of anilines is 1. The minimum absolute atomic E-state index is 0.414. The molecule has 0 amide bonds. The summed E-state index contributed by atoms with van der Waals surface area (Å²) in [4.78, 5) is 9.60. The lowest BCUT2D eigenvalue weighted by Gasteiger charge is -2.23. The van der Waals surface area contributed by atoms with Gasteiger partial charge >= 0.3 is 0 Å². The highest BCUT2D eigenvalue weighted by molar-refractivity contribution is 7.13. The molecule has 0 fully saturated rings. The van der Waals surface area contributed by atoms with E-state index in [1.54, 1.807) is 6.33 Å². The Morgan fingerprint density at radius 2 is 2.00 bits per heavy atom. The zero-order chi connectivity index (χ0) is 13.1. The fourth-order valence-electron chi connectivity index (χ4n) is 2.36. The quantitative estimate of drug-likeness (QED) is 0.896. The Kier molecular flexibility index (Phi) is 4.11. The minimum atomic E-state index is 0.414. The van der Waals surface area contributed by atoms with Gasteiger partial charge in [0.1, 0.15) is 17.0 Å². The molecule has 1 unspecified atom stereocenters. The predicted molar refractivity (Wildman–Crippen MR) is 77.1 cm³/mol. The lowest BCUT2D eigenvalue weighted by Crippen LogP contribution is -2.25. The highest BCUT2D eigenvalue weighted by Crippen LogP contribution is 2.27. The summed E-state index contributed by atoms with van der Waals surface area (Å²) in [5.41, 5.74) is 1.01. The molecule has 0 aliphatic carbocycles. The van der Waals surface area contributed by atoms with Gasteiger partial charge in [0.05, 0.1) is 11.1 Å². The van der Waals surface area contributed by atoms with Crippen molar-refractivity contribution in [3.05, 3.63) is 12.0 Å². The number of aromatic nitrogens is 3. The molecule has 0 aromatic carbocycles. The van der Waals surface area contributed by atoms with Gasteiger partial charge in [0.25, 0.3) is 0 Å². The van der Waals surface area contributed by atoms with E-state index in [9.17, 15) is 0 Å². The average Bonchev–Trinajstić information content (AvgIpc) is 2.74. The molecule has 2 aromatic heterocycles. The lowest BCUT2D eigenvalue weighted by molar-refractivity contribution is 0.437. The largest absolute Gasteiger partial charge is 0.367 e. The van der Waals surface area contributed by atoms with Crippen molar-refractivity contribution in [1.82, 2.24) is 14.3 Å². The van der Waals surface area contributed by atoms with Crippen molar-refractivity contribution in [3.8, 4) is 0 Å². The van der Waals surface area contributed by atoms with Gasteiger partial charge in [0.15, 0.2) is 0 Å². The zero-order valence-corrected chi connectivity index (χ0v) is 12.2. The van der Waals surface area contributed by atoms with Crippen molar-refractivity contribution in [2.45, 2.75) is 46.6 Å². The number of nitrogens with one attached hydrogen (secondary N) is 1. The SMILES string of the molecule is CCC(CC)C(C)Nc1ncnc2snc(C)c12. The summed E-state index contributed by atoms with van der Waals surface area (Å²) in [7, 11) is 0. The molecule has 5 heteroatoms. The Hall–Kier alpha value is -1.23. The van der Waals surface area contributed by atoms with Crippen LogP contribution in [-0.4, -0.2) is 20.4 Å². The third kappa shape index (κ3) is 2.46. The topological polar surface area (TPSA) is 50.7 Å². The Morgan fingerprint density at radius 3 is 2.67 bits per heavy atom. The maximum atomic E-state index is 4.38. The molecule has 0 bridgehead atoms. The third-order valence-electron chi connectivity index (χ3n) is 3.56. The molecule has 18 heavy (non-hydrogen) atoms. The van der Waals surface area contributed by atoms with Gasteiger partial charge in [-0.1, -0.05) is 26.7 Å². The van der Waals surface area contributed by atoms with Crippen LogP contribution in [0.1, 0.15) is 39.3 Å². The second kappa shape index (κ2) is 5.61. The van der Waals surface area contributed by atoms with Crippen molar-refractivity contribution in [1.29, 1.82) is 0 Å². The minimum Gasteiger partial charge on any atom is -0.367 e. The molecule has 98 valence electrons. The van der Waals surface area contributed by atoms with Crippen LogP contribution in [0.3, 0.4) is 0 Å². The first kappa shape index (κ1) is 13.2. The Labute approximate surface area is 112 Å². The normalized spacial score (nSPS) is 13.2. The van der Waals surface area contributed by atoms with Crippen LogP contribution in [0.2, 0.25) is 0 Å². The van der Waals surface area contributed by atoms with Gasteiger partial charge in [-0.25, -0.2) is 9.97 Å². The van der Waals surface area contributed by atoms with Crippen LogP contribution in [0, 0.1) is 12.8 Å². The van der Waals surface area contributed by atoms with E-state index in [1.165, 1.54) is 24.4 Å². The van der Waals surface area contributed by atoms with Crippen LogP contribution in [0.15, 0.2) is 6.33 Å². The summed E-state index contributed by atoms with van der Waals surface area (Å²) in [5, 5.41) is 4.60. The van der Waals surface area contributed by atoms with Crippen molar-refractivity contribution in [3.63, 3.8) is 0 Å². The first-order valence-corrected chi connectivity index (χ1v) is 7.28. The van der Waals surface area contributed by atoms with Crippen molar-refractivity contribution >= 4 is 27.6 Å². The van der Waals surface area contributed by atoms with Gasteiger partial charge in [-0.05, 0) is 31.3 Å². The van der Waals surface area contributed by atoms with E-state index in [1.807, 2.05) is 6.92 Å². The number of rotatable bonds is 5. The molecule has 0 aliphatic rings. The van der Waals surface area contributed by atoms with Crippen molar-refractivity contribution in [2.24, 2.45) is 5.92 Å². The molecular weight excluding hydrogens is 244 g/mol. The first-order valence-electron chi connectivity index (χ1n) is 6.50. The van der Waals surface area contributed by atoms with Gasteiger partial charge in [-0.3, -0.25) is 0 Å². The van der Waals surface area contributed by atoms with E-state index in [-0.39, 0.29) is 0 Å². The number of nitrogens with zero attached hydrogens (tertiary/aromatic N) is 3. The Bertz CT molecular complexity index is 519. The van der Waals surface area contributed by atoms with Crippen LogP contribution < -0.4 is 5.32 Å². The summed E-state index contributed by atoms with van der Waals surface area (Å²) >= 11 is 1.43. The molecule has 4 nitrogen and oxygen atoms in total. The van der Waals surface area contributed by atoms with Gasteiger partial charge in [0, 0.05) is 6.04 Å². The van der Waals surface area contributed by atoms with Crippen LogP contribution in [0.4, 0.5) is 5.82 Å². The molecular formula is C13H20N4S. The molecule has 2 aromatic rings. The molecule has 0 saturated carbocycles. The van der Waals surface area contributed by atoms with Crippen molar-refractivity contribution < 1.29 is 0 Å². The number of hydrogen-bond acceptors (Lipinski definition) is 5. The van der Waals surface area contributed by atoms with Crippen LogP contribution in [0.25, 0.3) is 10.2 Å². The van der Waals surface area contributed by atoms with E-state index in [0.717, 1.165) is 21.7 Å². The highest BCUT2D eigenvalue weighted by Gasteiger charge is 2.16. The van der Waals surface area contributed by atoms with Gasteiger partial charge in [-0.2, -0.15) is 4.37 Å². The van der Waals surface area contributed by atoms with E-state index >= 15 is 0 Å². The highest BCUT2D eigenvalue weighted by atomic mass is 32.1. The zero-order valence-electron chi connectivity index (χ0n) is 11.4. The molecule has 2 rings (SSSR count). The molecule has 0 radical (unpaired) electrons. The molecule has 2 heterocycles. The Morgan fingerprint density at radius 1 is 1.28 bits per heavy atom. The van der Waals surface area contributed by atoms with Gasteiger partial charge in [0.2, 0.25) is 0 Å². The molecule has 1 atom stereocenters. The van der Waals surface area contributed by atoms with Crippen molar-refractivity contribution in [2.75, 3.05) is 5.32 Å². The summed E-state index contributed by atoms with van der Waals surface area (Å²) in [6.45, 7) is 8.70. The molecule has 0 spiro atoms. The maximum absolute atomic E-state index is 4.38. The summed E-state index contributed by atoms with van der Waals surface area (Å²) in [6.07, 6.45) is 3.97. The van der Waals surface area contributed by atoms with E-state index < -0.39 is 0 Å². The second-order valence-electron chi connectivity index (χ2n) is 4.68. The number of aryl methyl sites for hydroxylation is 1. The number of fused-ring (bicyclic) bond motifs is 1. The summed E-state index contributed by atoms with van der Waals surface area (Å²) < 4.78 is 4.35. The van der Waals surface area contributed by atoms with Crippen LogP contribution in [-0.2, 0) is 0 Å². The standard InChI is InChI=1S/C13H20N4S/c1-5-10(6-2)8(3)16-12-11-9(4)17-18-13(11)15-7-14-12/h7-8,10H,5-6H2,1-4H3,(H,14,15,16). The van der Waals surface area contributed by atoms with Crippen LogP contribution >= 0.6 is 11.5 Å². The van der Waals surface area contributed by atoms with E-state index in [4.69, 9.17) is 0 Å². The second-order valence-corrected chi connectivity index (χ2v) is 5.43. The smallest absolute Gasteiger partial charge is 0.149 e. The summed E-state index contributed by atoms with van der Waals surface area (Å²) in [6, 6.07) is 0.414. The van der Waals surface area contributed by atoms with Crippen LogP contribution in [0.5, 0.6) is 0 Å². The predicted octanol–water partition coefficient (Wildman–Crippen LogP) is 3.63. The van der Waals surface area contributed by atoms with E-state index in [2.05, 4.69) is 40.4 Å². The number of hydrogen-bond donors (Lipinski definition) is 1. The molecule has 1 N–H and O–H groups in total. The fourth-order valence-corrected chi connectivity index (χ4v) is 3.11. The third-order valence-corrected chi connectivity index (χ3v) is 4.41. The maximum Gasteiger partial charge on any atom is 0.149 e. The molecule has 0 saturated heterocycles. The lowest BCUT2D eigenvalue weighted by atomic mass is 9.95. The van der Waals surface area contributed by atoms with Gasteiger partial charge in [-0.15, -0.1) is 0 Å². The molecule has 0 aliphatic heterocycles. The van der Waals surface area contributed by atoms with Gasteiger partial charge < -0.3 is 5.32 Å². The Balaban J connectivity index is 2.28. The monoisotopic (exact) mass is 264 g/mol. The first-order chi connectivity index (χ1) is 8.67.